The van der Waals surface area contributed by atoms with E-state index in [2.05, 4.69) is 4.98 Å². The number of halogens is 3. The zero-order valence-electron chi connectivity index (χ0n) is 16.3. The number of carbonyl (C=O) groups is 2. The lowest BCUT2D eigenvalue weighted by Gasteiger charge is -2.37. The van der Waals surface area contributed by atoms with Crippen LogP contribution < -0.4 is 4.74 Å². The van der Waals surface area contributed by atoms with Gasteiger partial charge in [0.2, 0.25) is 5.88 Å². The molecule has 1 unspecified atom stereocenters. The Morgan fingerprint density at radius 2 is 2.06 bits per heavy atom. The van der Waals surface area contributed by atoms with E-state index in [1.807, 2.05) is 39.9 Å². The van der Waals surface area contributed by atoms with E-state index >= 15 is 0 Å². The largest absolute Gasteiger partial charge is 0.490 e. The zero-order valence-corrected chi connectivity index (χ0v) is 17.1. The summed E-state index contributed by atoms with van der Waals surface area (Å²) in [6, 6.07) is 7.71. The predicted octanol–water partition coefficient (Wildman–Crippen LogP) is 3.48. The lowest BCUT2D eigenvalue weighted by atomic mass is 10.1. The molecule has 1 saturated carbocycles. The van der Waals surface area contributed by atoms with Gasteiger partial charge in [-0.3, -0.25) is 4.79 Å². The molecule has 1 aliphatic heterocycles. The average Bonchev–Trinajstić information content (AvgIpc) is 3.42. The molecule has 7 nitrogen and oxygen atoms in total. The van der Waals surface area contributed by atoms with E-state index in [-0.39, 0.29) is 18.1 Å². The van der Waals surface area contributed by atoms with Crippen molar-refractivity contribution in [2.75, 3.05) is 19.8 Å². The summed E-state index contributed by atoms with van der Waals surface area (Å²) in [7, 11) is 0. The van der Waals surface area contributed by atoms with Gasteiger partial charge in [-0.05, 0) is 36.3 Å². The molecule has 0 aromatic carbocycles. The molecule has 2 aliphatic rings. The molecule has 2 aromatic rings. The van der Waals surface area contributed by atoms with Gasteiger partial charge in [0.05, 0.1) is 30.9 Å². The highest BCUT2D eigenvalue weighted by Crippen LogP contribution is 2.35. The van der Waals surface area contributed by atoms with Crippen molar-refractivity contribution in [3.63, 3.8) is 0 Å². The van der Waals surface area contributed by atoms with E-state index in [0.717, 1.165) is 18.4 Å². The van der Waals surface area contributed by atoms with Crippen molar-refractivity contribution in [1.82, 2.24) is 9.88 Å². The highest BCUT2D eigenvalue weighted by molar-refractivity contribution is 7.08. The van der Waals surface area contributed by atoms with Gasteiger partial charge in [0.25, 0.3) is 5.91 Å². The minimum absolute atomic E-state index is 0.124. The van der Waals surface area contributed by atoms with Crippen molar-refractivity contribution in [3.05, 3.63) is 46.8 Å². The van der Waals surface area contributed by atoms with E-state index in [1.54, 1.807) is 17.5 Å². The summed E-state index contributed by atoms with van der Waals surface area (Å²) in [5.41, 5.74) is 0.786. The van der Waals surface area contributed by atoms with Gasteiger partial charge >= 0.3 is 12.1 Å². The number of alkyl halides is 3. The minimum Gasteiger partial charge on any atom is -0.477 e. The first-order valence-electron chi connectivity index (χ1n) is 9.54. The van der Waals surface area contributed by atoms with Gasteiger partial charge in [-0.15, -0.1) is 0 Å². The van der Waals surface area contributed by atoms with Gasteiger partial charge in [-0.2, -0.15) is 24.5 Å². The quantitative estimate of drug-likeness (QED) is 0.755. The van der Waals surface area contributed by atoms with E-state index in [1.165, 1.54) is 0 Å². The van der Waals surface area contributed by atoms with Crippen LogP contribution in [0.4, 0.5) is 13.2 Å². The van der Waals surface area contributed by atoms with Crippen LogP contribution in [-0.4, -0.2) is 64.9 Å². The van der Waals surface area contributed by atoms with Gasteiger partial charge in [-0.1, -0.05) is 6.07 Å². The molecule has 11 heteroatoms. The molecule has 1 saturated heterocycles. The molecule has 3 heterocycles. The van der Waals surface area contributed by atoms with Crippen molar-refractivity contribution in [1.29, 1.82) is 0 Å². The maximum Gasteiger partial charge on any atom is 0.490 e. The SMILES string of the molecule is O=C(O)C(F)(F)F.O=C(c1ccsc1)N1CCO[C@@H]2CC(COc3ccccn3)C[C@H]21. The van der Waals surface area contributed by atoms with E-state index in [9.17, 15) is 18.0 Å². The molecule has 1 amide bonds. The van der Waals surface area contributed by atoms with Gasteiger partial charge in [-0.25, -0.2) is 9.78 Å². The van der Waals surface area contributed by atoms with Crippen LogP contribution in [0.5, 0.6) is 5.88 Å². The maximum atomic E-state index is 12.7. The number of nitrogens with zero attached hydrogens (tertiary/aromatic N) is 2. The first kappa shape index (κ1) is 23.0. The second-order valence-corrected chi connectivity index (χ2v) is 7.89. The van der Waals surface area contributed by atoms with Gasteiger partial charge in [0.1, 0.15) is 0 Å². The third kappa shape index (κ3) is 6.17. The summed E-state index contributed by atoms with van der Waals surface area (Å²) in [5, 5.41) is 11.0. The molecule has 0 radical (unpaired) electrons. The first-order valence-corrected chi connectivity index (χ1v) is 10.5. The zero-order chi connectivity index (χ0) is 22.4. The Hall–Kier alpha value is -2.66. The van der Waals surface area contributed by atoms with Crippen molar-refractivity contribution < 1.29 is 37.3 Å². The van der Waals surface area contributed by atoms with Gasteiger partial charge < -0.3 is 19.5 Å². The molecule has 0 spiro atoms. The van der Waals surface area contributed by atoms with Crippen molar-refractivity contribution in [3.8, 4) is 5.88 Å². The van der Waals surface area contributed by atoms with Crippen LogP contribution in [0, 0.1) is 5.92 Å². The van der Waals surface area contributed by atoms with Crippen LogP contribution in [0.3, 0.4) is 0 Å². The molecule has 1 aliphatic carbocycles. The Kier molecular flexibility index (Phi) is 7.50. The normalized spacial score (nSPS) is 22.8. The second kappa shape index (κ2) is 10.1. The van der Waals surface area contributed by atoms with Crippen LogP contribution in [0.1, 0.15) is 23.2 Å². The number of carbonyl (C=O) groups excluding carboxylic acids is 1. The Morgan fingerprint density at radius 3 is 2.68 bits per heavy atom. The molecule has 4 rings (SSSR count). The number of amides is 1. The van der Waals surface area contributed by atoms with Crippen LogP contribution in [0.25, 0.3) is 0 Å². The lowest BCUT2D eigenvalue weighted by molar-refractivity contribution is -0.192. The number of morpholine rings is 1. The Morgan fingerprint density at radius 1 is 1.29 bits per heavy atom. The minimum atomic E-state index is -5.08. The molecule has 1 N–H and O–H groups in total. The number of pyridine rings is 1. The van der Waals surface area contributed by atoms with Crippen molar-refractivity contribution >= 4 is 23.2 Å². The summed E-state index contributed by atoms with van der Waals surface area (Å²) < 4.78 is 43.5. The fourth-order valence-electron chi connectivity index (χ4n) is 3.63. The monoisotopic (exact) mass is 458 g/mol. The lowest BCUT2D eigenvalue weighted by Crippen LogP contribution is -2.51. The number of aromatic nitrogens is 1. The fourth-order valence-corrected chi connectivity index (χ4v) is 4.26. The number of carboxylic acid groups (broad SMARTS) is 1. The standard InChI is InChI=1S/C18H20N2O3S.C2HF3O2/c21-18(14-4-8-24-12-14)20-6-7-22-16-10-13(9-15(16)20)11-23-17-3-1-2-5-19-17;3-2(4,5)1(6)7/h1-5,8,12-13,15-16H,6-7,9-11H2;(H,6,7)/t13?,15-,16-;/m1./s1. The molecule has 3 atom stereocenters. The highest BCUT2D eigenvalue weighted by Gasteiger charge is 2.43. The number of hydrogen-bond acceptors (Lipinski definition) is 6. The molecule has 0 bridgehead atoms. The summed E-state index contributed by atoms with van der Waals surface area (Å²) >= 11 is 1.56. The summed E-state index contributed by atoms with van der Waals surface area (Å²) in [4.78, 5) is 27.8. The Balaban J connectivity index is 0.000000339. The fraction of sp³-hybridized carbons (Fsp3) is 0.450. The molecule has 168 valence electrons. The number of carboxylic acids is 1. The number of thiophene rings is 1. The third-order valence-corrected chi connectivity index (χ3v) is 5.69. The second-order valence-electron chi connectivity index (χ2n) is 7.11. The molecular weight excluding hydrogens is 437 g/mol. The number of fused-ring (bicyclic) bond motifs is 1. The summed E-state index contributed by atoms with van der Waals surface area (Å²) in [6.07, 6.45) is -1.37. The van der Waals surface area contributed by atoms with Crippen LogP contribution in [0.2, 0.25) is 0 Å². The predicted molar refractivity (Wildman–Crippen MR) is 105 cm³/mol. The van der Waals surface area contributed by atoms with Crippen LogP contribution in [0.15, 0.2) is 41.2 Å². The number of aliphatic carboxylic acids is 1. The molecule has 2 aromatic heterocycles. The van der Waals surface area contributed by atoms with E-state index in [4.69, 9.17) is 19.4 Å². The maximum absolute atomic E-state index is 12.7. The smallest absolute Gasteiger partial charge is 0.477 e. The topological polar surface area (TPSA) is 89.0 Å². The molecule has 31 heavy (non-hydrogen) atoms. The Bertz CT molecular complexity index is 863. The average molecular weight is 458 g/mol. The van der Waals surface area contributed by atoms with Gasteiger partial charge in [0, 0.05) is 24.2 Å². The number of ether oxygens (including phenoxy) is 2. The van der Waals surface area contributed by atoms with Crippen LogP contribution >= 0.6 is 11.3 Å². The number of hydrogen-bond donors (Lipinski definition) is 1. The molecular formula is C20H21F3N2O5S. The van der Waals surface area contributed by atoms with Crippen molar-refractivity contribution in [2.24, 2.45) is 5.92 Å². The van der Waals surface area contributed by atoms with Crippen LogP contribution in [-0.2, 0) is 9.53 Å². The molecule has 2 fully saturated rings. The van der Waals surface area contributed by atoms with E-state index < -0.39 is 12.1 Å². The summed E-state index contributed by atoms with van der Waals surface area (Å²) in [5.74, 6) is -1.59. The summed E-state index contributed by atoms with van der Waals surface area (Å²) in [6.45, 7) is 1.91. The van der Waals surface area contributed by atoms with Crippen molar-refractivity contribution in [2.45, 2.75) is 31.2 Å². The highest BCUT2D eigenvalue weighted by atomic mass is 32.1. The van der Waals surface area contributed by atoms with E-state index in [0.29, 0.717) is 31.6 Å². The first-order chi connectivity index (χ1) is 14.8. The van der Waals surface area contributed by atoms with Gasteiger partial charge in [0.15, 0.2) is 0 Å². The third-order valence-electron chi connectivity index (χ3n) is 5.01. The number of rotatable bonds is 4. The Labute approximate surface area is 180 Å².